The van der Waals surface area contributed by atoms with Crippen molar-refractivity contribution in [2.45, 2.75) is 0 Å². The highest BCUT2D eigenvalue weighted by Gasteiger charge is 2.17. The Morgan fingerprint density at radius 3 is 2.65 bits per heavy atom. The molecule has 0 unspecified atom stereocenters. The first-order chi connectivity index (χ1) is 15.1. The molecule has 0 aliphatic rings. The van der Waals surface area contributed by atoms with Crippen molar-refractivity contribution in [1.29, 1.82) is 0 Å². The second kappa shape index (κ2) is 7.85. The Morgan fingerprint density at radius 2 is 1.84 bits per heavy atom. The van der Waals surface area contributed by atoms with Crippen LogP contribution in [0.3, 0.4) is 0 Å². The molecule has 0 fully saturated rings. The van der Waals surface area contributed by atoms with Gasteiger partial charge in [0, 0.05) is 4.47 Å². The first kappa shape index (κ1) is 19.3. The number of aromatic nitrogens is 2. The highest BCUT2D eigenvalue weighted by atomic mass is 79.9. The molecule has 6 nitrogen and oxygen atoms in total. The van der Waals surface area contributed by atoms with E-state index in [2.05, 4.69) is 21.0 Å². The first-order valence-corrected chi connectivity index (χ1v) is 10.3. The summed E-state index contributed by atoms with van der Waals surface area (Å²) in [6.45, 7) is 0. The van der Waals surface area contributed by atoms with Crippen molar-refractivity contribution in [3.8, 4) is 17.3 Å². The summed E-state index contributed by atoms with van der Waals surface area (Å²) in [5.74, 6) is 1.42. The van der Waals surface area contributed by atoms with Crippen LogP contribution in [-0.4, -0.2) is 23.0 Å². The van der Waals surface area contributed by atoms with Gasteiger partial charge in [0.2, 0.25) is 5.82 Å². The summed E-state index contributed by atoms with van der Waals surface area (Å²) in [6, 6.07) is 22.2. The largest absolute Gasteiger partial charge is 0.496 e. The lowest BCUT2D eigenvalue weighted by atomic mass is 10.2. The summed E-state index contributed by atoms with van der Waals surface area (Å²) in [5.41, 5.74) is 1.78. The lowest BCUT2D eigenvalue weighted by Crippen LogP contribution is -2.20. The fraction of sp³-hybridized carbons (Fsp3) is 0.0417. The van der Waals surface area contributed by atoms with Crippen molar-refractivity contribution >= 4 is 44.0 Å². The predicted molar refractivity (Wildman–Crippen MR) is 125 cm³/mol. The van der Waals surface area contributed by atoms with Crippen LogP contribution >= 0.6 is 15.9 Å². The summed E-state index contributed by atoms with van der Waals surface area (Å²) in [6.07, 6.45) is 1.62. The lowest BCUT2D eigenvalue weighted by Gasteiger charge is -2.07. The fourth-order valence-corrected chi connectivity index (χ4v) is 3.65. The number of ether oxygens (including phenoxy) is 1. The van der Waals surface area contributed by atoms with Gasteiger partial charge in [0.05, 0.1) is 29.6 Å². The number of benzene rings is 3. The smallest absolute Gasteiger partial charge is 0.282 e. The molecule has 0 aliphatic heterocycles. The van der Waals surface area contributed by atoms with Crippen molar-refractivity contribution < 1.29 is 9.15 Å². The average Bonchev–Trinajstić information content (AvgIpc) is 3.24. The van der Waals surface area contributed by atoms with Gasteiger partial charge < -0.3 is 9.15 Å². The quantitative estimate of drug-likeness (QED) is 0.324. The Labute approximate surface area is 185 Å². The number of furan rings is 1. The molecule has 0 aliphatic carbocycles. The summed E-state index contributed by atoms with van der Waals surface area (Å²) in [5, 5.41) is 5.73. The molecule has 0 radical (unpaired) electrons. The van der Waals surface area contributed by atoms with E-state index >= 15 is 0 Å². The van der Waals surface area contributed by atoms with Gasteiger partial charge in [-0.05, 0) is 48.0 Å². The maximum atomic E-state index is 13.3. The van der Waals surface area contributed by atoms with Crippen molar-refractivity contribution in [1.82, 2.24) is 9.66 Å². The maximum Gasteiger partial charge on any atom is 0.282 e. The summed E-state index contributed by atoms with van der Waals surface area (Å²) >= 11 is 3.42. The molecule has 152 valence electrons. The van der Waals surface area contributed by atoms with Crippen LogP contribution in [0.25, 0.3) is 33.5 Å². The number of para-hydroxylation sites is 1. The number of halogens is 1. The van der Waals surface area contributed by atoms with Crippen LogP contribution < -0.4 is 10.3 Å². The third-order valence-electron chi connectivity index (χ3n) is 4.91. The van der Waals surface area contributed by atoms with Crippen LogP contribution in [0.4, 0.5) is 0 Å². The molecule has 0 saturated heterocycles. The minimum atomic E-state index is -0.276. The molecule has 0 N–H and O–H groups in total. The maximum absolute atomic E-state index is 13.3. The minimum Gasteiger partial charge on any atom is -0.496 e. The Kier molecular flexibility index (Phi) is 4.88. The fourth-order valence-electron chi connectivity index (χ4n) is 3.39. The molecule has 0 saturated carbocycles. The van der Waals surface area contributed by atoms with E-state index in [-0.39, 0.29) is 5.56 Å². The zero-order valence-corrected chi connectivity index (χ0v) is 18.0. The number of methoxy groups -OCH3 is 1. The third kappa shape index (κ3) is 3.53. The van der Waals surface area contributed by atoms with Crippen molar-refractivity contribution in [3.05, 3.63) is 93.2 Å². The van der Waals surface area contributed by atoms with E-state index in [9.17, 15) is 4.79 Å². The van der Waals surface area contributed by atoms with Crippen LogP contribution in [0.15, 0.2) is 91.6 Å². The van der Waals surface area contributed by atoms with Gasteiger partial charge in [-0.2, -0.15) is 9.78 Å². The van der Waals surface area contributed by atoms with Crippen LogP contribution in [0.2, 0.25) is 0 Å². The van der Waals surface area contributed by atoms with Crippen molar-refractivity contribution in [2.75, 3.05) is 7.11 Å². The van der Waals surface area contributed by atoms with Crippen molar-refractivity contribution in [3.63, 3.8) is 0 Å². The second-order valence-electron chi connectivity index (χ2n) is 6.85. The zero-order chi connectivity index (χ0) is 21.4. The van der Waals surface area contributed by atoms with Gasteiger partial charge >= 0.3 is 0 Å². The number of hydrogen-bond donors (Lipinski definition) is 0. The SMILES string of the molecule is COc1cccc2oc(-c3nc4ccccc4c(=O)n3N=Cc3ccc(Br)cc3)cc12. The summed E-state index contributed by atoms with van der Waals surface area (Å²) in [4.78, 5) is 18.0. The molecule has 2 aromatic heterocycles. The zero-order valence-electron chi connectivity index (χ0n) is 16.4. The van der Waals surface area contributed by atoms with E-state index in [1.807, 2.05) is 54.6 Å². The lowest BCUT2D eigenvalue weighted by molar-refractivity contribution is 0.419. The van der Waals surface area contributed by atoms with Crippen LogP contribution in [0, 0.1) is 0 Å². The van der Waals surface area contributed by atoms with E-state index in [0.29, 0.717) is 33.8 Å². The molecule has 2 heterocycles. The van der Waals surface area contributed by atoms with Crippen LogP contribution in [0.1, 0.15) is 5.56 Å². The number of fused-ring (bicyclic) bond motifs is 2. The van der Waals surface area contributed by atoms with Gasteiger partial charge in [-0.15, -0.1) is 0 Å². The third-order valence-corrected chi connectivity index (χ3v) is 5.44. The standard InChI is InChI=1S/C24H16BrN3O3/c1-30-20-7-4-8-21-18(20)13-22(31-21)23-27-19-6-3-2-5-17(19)24(29)28(23)26-14-15-9-11-16(25)12-10-15/h2-14H,1H3. The van der Waals surface area contributed by atoms with E-state index < -0.39 is 0 Å². The highest BCUT2D eigenvalue weighted by Crippen LogP contribution is 2.32. The summed E-state index contributed by atoms with van der Waals surface area (Å²) in [7, 11) is 1.61. The molecule has 3 aromatic carbocycles. The number of nitrogens with zero attached hydrogens (tertiary/aromatic N) is 3. The van der Waals surface area contributed by atoms with Gasteiger partial charge in [-0.25, -0.2) is 4.98 Å². The van der Waals surface area contributed by atoms with Gasteiger partial charge in [-0.1, -0.05) is 46.3 Å². The van der Waals surface area contributed by atoms with E-state index in [1.165, 1.54) is 4.68 Å². The monoisotopic (exact) mass is 473 g/mol. The molecule has 5 rings (SSSR count). The molecule has 5 aromatic rings. The molecular weight excluding hydrogens is 458 g/mol. The molecule has 7 heteroatoms. The van der Waals surface area contributed by atoms with Gasteiger partial charge in [0.1, 0.15) is 11.3 Å². The average molecular weight is 474 g/mol. The first-order valence-electron chi connectivity index (χ1n) is 9.53. The highest BCUT2D eigenvalue weighted by molar-refractivity contribution is 9.10. The molecular formula is C24H16BrN3O3. The topological polar surface area (TPSA) is 69.6 Å². The van der Waals surface area contributed by atoms with E-state index in [4.69, 9.17) is 14.1 Å². The van der Waals surface area contributed by atoms with Gasteiger partial charge in [-0.3, -0.25) is 4.79 Å². The number of hydrogen-bond acceptors (Lipinski definition) is 5. The Morgan fingerprint density at radius 1 is 1.03 bits per heavy atom. The number of rotatable bonds is 4. The van der Waals surface area contributed by atoms with Crippen LogP contribution in [0.5, 0.6) is 5.75 Å². The second-order valence-corrected chi connectivity index (χ2v) is 7.76. The van der Waals surface area contributed by atoms with Crippen molar-refractivity contribution in [2.24, 2.45) is 5.10 Å². The molecule has 0 spiro atoms. The summed E-state index contributed by atoms with van der Waals surface area (Å²) < 4.78 is 13.7. The van der Waals surface area contributed by atoms with Crippen LogP contribution in [-0.2, 0) is 0 Å². The Bertz CT molecular complexity index is 1500. The molecule has 31 heavy (non-hydrogen) atoms. The van der Waals surface area contributed by atoms with E-state index in [1.54, 1.807) is 31.5 Å². The molecule has 0 bridgehead atoms. The molecule has 0 amide bonds. The van der Waals surface area contributed by atoms with Gasteiger partial charge in [0.25, 0.3) is 5.56 Å². The normalized spacial score (nSPS) is 11.5. The minimum absolute atomic E-state index is 0.276. The Balaban J connectivity index is 1.74. The Hall–Kier alpha value is -3.71. The molecule has 0 atom stereocenters. The van der Waals surface area contributed by atoms with Gasteiger partial charge in [0.15, 0.2) is 5.76 Å². The predicted octanol–water partition coefficient (Wildman–Crippen LogP) is 5.46. The van der Waals surface area contributed by atoms with E-state index in [0.717, 1.165) is 15.4 Å².